The van der Waals surface area contributed by atoms with E-state index in [1.807, 2.05) is 26.0 Å². The standard InChI is InChI=1S/C11H12BrN5/c1-6-3-4-8(12)7(2)10(6)17-16-9(5-13)11(14)15/h3-4,17H,1-2H3,(H3,14,15)/b16-9+. The molecule has 1 aromatic carbocycles. The Morgan fingerprint density at radius 1 is 1.53 bits per heavy atom. The summed E-state index contributed by atoms with van der Waals surface area (Å²) in [4.78, 5) is 0. The second-order valence-corrected chi connectivity index (χ2v) is 4.32. The molecule has 0 saturated heterocycles. The van der Waals surface area contributed by atoms with Crippen LogP contribution in [0.25, 0.3) is 0 Å². The Kier molecular flexibility index (Phi) is 4.24. The molecule has 0 fully saturated rings. The molecule has 1 aromatic rings. The van der Waals surface area contributed by atoms with Gasteiger partial charge in [-0.2, -0.15) is 10.4 Å². The Morgan fingerprint density at radius 3 is 2.71 bits per heavy atom. The van der Waals surface area contributed by atoms with Crippen LogP contribution < -0.4 is 11.2 Å². The molecule has 1 rings (SSSR count). The van der Waals surface area contributed by atoms with E-state index in [0.717, 1.165) is 21.3 Å². The molecule has 0 heterocycles. The maximum Gasteiger partial charge on any atom is 0.201 e. The molecule has 4 N–H and O–H groups in total. The maximum absolute atomic E-state index is 8.72. The zero-order valence-electron chi connectivity index (χ0n) is 9.50. The summed E-state index contributed by atoms with van der Waals surface area (Å²) in [5.41, 5.74) is 10.6. The van der Waals surface area contributed by atoms with Crippen LogP contribution in [0, 0.1) is 30.6 Å². The third-order valence-electron chi connectivity index (χ3n) is 2.25. The number of hydrogen-bond acceptors (Lipinski definition) is 4. The third-order valence-corrected chi connectivity index (χ3v) is 3.11. The smallest absolute Gasteiger partial charge is 0.201 e. The van der Waals surface area contributed by atoms with Crippen LogP contribution in [0.2, 0.25) is 0 Å². The van der Waals surface area contributed by atoms with Crippen LogP contribution >= 0.6 is 15.9 Å². The number of aryl methyl sites for hydroxylation is 1. The summed E-state index contributed by atoms with van der Waals surface area (Å²) >= 11 is 3.41. The molecule has 17 heavy (non-hydrogen) atoms. The van der Waals surface area contributed by atoms with Gasteiger partial charge in [0.2, 0.25) is 5.71 Å². The van der Waals surface area contributed by atoms with Gasteiger partial charge in [-0.3, -0.25) is 10.8 Å². The summed E-state index contributed by atoms with van der Waals surface area (Å²) in [5.74, 6) is -0.356. The number of benzene rings is 1. The van der Waals surface area contributed by atoms with Crippen molar-refractivity contribution in [1.29, 1.82) is 10.7 Å². The fourth-order valence-electron chi connectivity index (χ4n) is 1.25. The molecule has 0 atom stereocenters. The van der Waals surface area contributed by atoms with Crippen LogP contribution in [-0.2, 0) is 0 Å². The van der Waals surface area contributed by atoms with E-state index < -0.39 is 0 Å². The van der Waals surface area contributed by atoms with Gasteiger partial charge in [-0.1, -0.05) is 22.0 Å². The molecule has 0 unspecified atom stereocenters. The summed E-state index contributed by atoms with van der Waals surface area (Å²) in [7, 11) is 0. The van der Waals surface area contributed by atoms with Crippen molar-refractivity contribution in [3.8, 4) is 6.07 Å². The van der Waals surface area contributed by atoms with Gasteiger partial charge in [-0.15, -0.1) is 0 Å². The van der Waals surface area contributed by atoms with Gasteiger partial charge in [0.25, 0.3) is 0 Å². The molecular formula is C11H12BrN5. The fourth-order valence-corrected chi connectivity index (χ4v) is 1.58. The lowest BCUT2D eigenvalue weighted by molar-refractivity contribution is 1.25. The molecule has 0 aliphatic carbocycles. The highest BCUT2D eigenvalue weighted by Crippen LogP contribution is 2.27. The van der Waals surface area contributed by atoms with Gasteiger partial charge in [0.1, 0.15) is 6.07 Å². The number of hydrogen-bond donors (Lipinski definition) is 3. The van der Waals surface area contributed by atoms with E-state index in [0.29, 0.717) is 0 Å². The fraction of sp³-hybridized carbons (Fsp3) is 0.182. The van der Waals surface area contributed by atoms with E-state index in [1.165, 1.54) is 0 Å². The molecule has 0 aromatic heterocycles. The van der Waals surface area contributed by atoms with Crippen LogP contribution in [0.3, 0.4) is 0 Å². The largest absolute Gasteiger partial charge is 0.382 e. The predicted molar refractivity (Wildman–Crippen MR) is 72.2 cm³/mol. The van der Waals surface area contributed by atoms with Gasteiger partial charge >= 0.3 is 0 Å². The molecule has 0 radical (unpaired) electrons. The first-order valence-corrected chi connectivity index (χ1v) is 5.60. The number of nitrogens with one attached hydrogen (secondary N) is 2. The number of nitrogens with two attached hydrogens (primary N) is 1. The molecule has 0 bridgehead atoms. The van der Waals surface area contributed by atoms with E-state index in [2.05, 4.69) is 26.5 Å². The average Bonchev–Trinajstić information content (AvgIpc) is 2.28. The van der Waals surface area contributed by atoms with E-state index in [4.69, 9.17) is 16.4 Å². The minimum Gasteiger partial charge on any atom is -0.382 e. The Bertz CT molecular complexity index is 527. The number of halogens is 1. The van der Waals surface area contributed by atoms with Crippen LogP contribution in [0.1, 0.15) is 11.1 Å². The summed E-state index contributed by atoms with van der Waals surface area (Å²) in [6, 6.07) is 5.62. The maximum atomic E-state index is 8.72. The first kappa shape index (κ1) is 13.2. The molecule has 0 aliphatic heterocycles. The van der Waals surface area contributed by atoms with E-state index >= 15 is 0 Å². The van der Waals surface area contributed by atoms with Crippen LogP contribution in [0.5, 0.6) is 0 Å². The van der Waals surface area contributed by atoms with Crippen molar-refractivity contribution in [3.05, 3.63) is 27.7 Å². The predicted octanol–water partition coefficient (Wildman–Crippen LogP) is 2.29. The summed E-state index contributed by atoms with van der Waals surface area (Å²) in [5, 5.41) is 19.7. The molecular weight excluding hydrogens is 282 g/mol. The van der Waals surface area contributed by atoms with Crippen molar-refractivity contribution >= 4 is 33.2 Å². The summed E-state index contributed by atoms with van der Waals surface area (Å²) in [6.45, 7) is 3.85. The van der Waals surface area contributed by atoms with Gasteiger partial charge in [0.05, 0.1) is 5.69 Å². The quantitative estimate of drug-likeness (QED) is 0.453. The van der Waals surface area contributed by atoms with Crippen molar-refractivity contribution in [3.63, 3.8) is 0 Å². The highest BCUT2D eigenvalue weighted by molar-refractivity contribution is 9.10. The lowest BCUT2D eigenvalue weighted by Gasteiger charge is -2.10. The molecule has 6 heteroatoms. The SMILES string of the molecule is Cc1ccc(Br)c(C)c1N/N=C(\C#N)C(=N)N. The number of rotatable bonds is 3. The van der Waals surface area contributed by atoms with Crippen molar-refractivity contribution in [2.45, 2.75) is 13.8 Å². The average molecular weight is 294 g/mol. The third kappa shape index (κ3) is 3.04. The molecule has 5 nitrogen and oxygen atoms in total. The lowest BCUT2D eigenvalue weighted by Crippen LogP contribution is -2.22. The minimum absolute atomic E-state index is 0.135. The first-order valence-electron chi connectivity index (χ1n) is 4.81. The van der Waals surface area contributed by atoms with Crippen LogP contribution in [0.4, 0.5) is 5.69 Å². The monoisotopic (exact) mass is 293 g/mol. The summed E-state index contributed by atoms with van der Waals surface area (Å²) < 4.78 is 0.946. The normalized spacial score (nSPS) is 10.8. The lowest BCUT2D eigenvalue weighted by atomic mass is 10.1. The van der Waals surface area contributed by atoms with Crippen LogP contribution in [-0.4, -0.2) is 11.5 Å². The van der Waals surface area contributed by atoms with Crippen molar-refractivity contribution in [2.24, 2.45) is 10.8 Å². The van der Waals surface area contributed by atoms with Crippen molar-refractivity contribution in [2.75, 3.05) is 5.43 Å². The Balaban J connectivity index is 3.09. The molecule has 0 saturated carbocycles. The Labute approximate surface area is 108 Å². The van der Waals surface area contributed by atoms with Gasteiger partial charge < -0.3 is 5.73 Å². The highest BCUT2D eigenvalue weighted by Gasteiger charge is 2.06. The zero-order chi connectivity index (χ0) is 13.0. The van der Waals surface area contributed by atoms with Gasteiger partial charge in [0, 0.05) is 4.47 Å². The first-order chi connectivity index (χ1) is 7.97. The van der Waals surface area contributed by atoms with Gasteiger partial charge in [0.15, 0.2) is 5.84 Å². The molecule has 0 aliphatic rings. The zero-order valence-corrected chi connectivity index (χ0v) is 11.1. The highest BCUT2D eigenvalue weighted by atomic mass is 79.9. The van der Waals surface area contributed by atoms with Gasteiger partial charge in [-0.25, -0.2) is 0 Å². The second kappa shape index (κ2) is 5.46. The second-order valence-electron chi connectivity index (χ2n) is 3.46. The molecule has 88 valence electrons. The number of hydrazone groups is 1. The van der Waals surface area contributed by atoms with Gasteiger partial charge in [-0.05, 0) is 31.0 Å². The minimum atomic E-state index is -0.356. The Hall–Kier alpha value is -1.87. The number of amidine groups is 1. The van der Waals surface area contributed by atoms with Crippen LogP contribution in [0.15, 0.2) is 21.7 Å². The molecule has 0 amide bonds. The number of anilines is 1. The number of nitrogens with zero attached hydrogens (tertiary/aromatic N) is 2. The van der Waals surface area contributed by atoms with Crippen molar-refractivity contribution < 1.29 is 0 Å². The topological polar surface area (TPSA) is 98.0 Å². The van der Waals surface area contributed by atoms with E-state index in [1.54, 1.807) is 6.07 Å². The Morgan fingerprint density at radius 2 is 2.18 bits per heavy atom. The van der Waals surface area contributed by atoms with Crippen molar-refractivity contribution in [1.82, 2.24) is 0 Å². The van der Waals surface area contributed by atoms with E-state index in [9.17, 15) is 0 Å². The summed E-state index contributed by atoms with van der Waals surface area (Å²) in [6.07, 6.45) is 0. The number of nitriles is 1. The van der Waals surface area contributed by atoms with E-state index in [-0.39, 0.29) is 11.5 Å². The molecule has 0 spiro atoms.